The van der Waals surface area contributed by atoms with Gasteiger partial charge in [0.1, 0.15) is 17.1 Å². The summed E-state index contributed by atoms with van der Waals surface area (Å²) in [5.41, 5.74) is 2.77. The second-order valence-corrected chi connectivity index (χ2v) is 6.02. The first-order valence-electron chi connectivity index (χ1n) is 8.30. The number of halogens is 2. The van der Waals surface area contributed by atoms with Gasteiger partial charge in [0.2, 0.25) is 0 Å². The molecule has 5 nitrogen and oxygen atoms in total. The van der Waals surface area contributed by atoms with Crippen LogP contribution in [-0.2, 0) is 6.42 Å². The molecule has 3 rings (SSSR count). The molecule has 0 radical (unpaired) electrons. The molecule has 0 unspecified atom stereocenters. The molecule has 1 N–H and O–H groups in total. The molecule has 1 aromatic heterocycles. The maximum atomic E-state index is 12.7. The molecule has 1 heterocycles. The van der Waals surface area contributed by atoms with Gasteiger partial charge in [0.15, 0.2) is 0 Å². The molecule has 0 aliphatic heterocycles. The average Bonchev–Trinajstić information content (AvgIpc) is 2.96. The summed E-state index contributed by atoms with van der Waals surface area (Å²) in [5, 5.41) is 6.51. The molecule has 1 amide bonds. The molecule has 0 fully saturated rings. The van der Waals surface area contributed by atoms with Gasteiger partial charge in [-0.2, -0.15) is 8.78 Å². The van der Waals surface area contributed by atoms with E-state index in [0.29, 0.717) is 34.7 Å². The number of nitrogens with one attached hydrogen (secondary N) is 1. The van der Waals surface area contributed by atoms with Crippen molar-refractivity contribution in [3.05, 3.63) is 76.7 Å². The zero-order chi connectivity index (χ0) is 19.4. The van der Waals surface area contributed by atoms with Gasteiger partial charge in [-0.1, -0.05) is 35.5 Å². The lowest BCUT2D eigenvalue weighted by Gasteiger charge is -2.13. The van der Waals surface area contributed by atoms with Crippen LogP contribution in [0.25, 0.3) is 0 Å². The molecule has 7 heteroatoms. The summed E-state index contributed by atoms with van der Waals surface area (Å²) in [5.74, 6) is 0.107. The van der Waals surface area contributed by atoms with Gasteiger partial charge in [0.25, 0.3) is 5.91 Å². The molecule has 0 spiro atoms. The van der Waals surface area contributed by atoms with Crippen LogP contribution in [0.2, 0.25) is 0 Å². The normalized spacial score (nSPS) is 10.9. The lowest BCUT2D eigenvalue weighted by molar-refractivity contribution is -0.0503. The fourth-order valence-corrected chi connectivity index (χ4v) is 2.82. The highest BCUT2D eigenvalue weighted by Gasteiger charge is 2.18. The van der Waals surface area contributed by atoms with Crippen LogP contribution in [0.3, 0.4) is 0 Å². The predicted molar refractivity (Wildman–Crippen MR) is 96.3 cm³/mol. The van der Waals surface area contributed by atoms with Crippen LogP contribution in [0.1, 0.15) is 32.9 Å². The van der Waals surface area contributed by atoms with Gasteiger partial charge in [-0.3, -0.25) is 4.79 Å². The summed E-state index contributed by atoms with van der Waals surface area (Å²) in [7, 11) is 0. The third kappa shape index (κ3) is 4.49. The summed E-state index contributed by atoms with van der Waals surface area (Å²) in [4.78, 5) is 12.5. The highest BCUT2D eigenvalue weighted by molar-refractivity contribution is 6.05. The van der Waals surface area contributed by atoms with Crippen molar-refractivity contribution >= 4 is 11.6 Å². The van der Waals surface area contributed by atoms with E-state index in [-0.39, 0.29) is 11.7 Å². The van der Waals surface area contributed by atoms with Crippen molar-refractivity contribution in [2.24, 2.45) is 0 Å². The van der Waals surface area contributed by atoms with Crippen LogP contribution in [0.15, 0.2) is 53.1 Å². The van der Waals surface area contributed by atoms with Crippen molar-refractivity contribution in [2.75, 3.05) is 5.32 Å². The zero-order valence-electron chi connectivity index (χ0n) is 14.8. The van der Waals surface area contributed by atoms with Crippen LogP contribution < -0.4 is 10.1 Å². The van der Waals surface area contributed by atoms with E-state index in [0.717, 1.165) is 5.56 Å². The van der Waals surface area contributed by atoms with Gasteiger partial charge < -0.3 is 14.6 Å². The number of ether oxygens (including phenoxy) is 1. The molecule has 140 valence electrons. The number of carbonyl (C=O) groups excluding carboxylic acids is 1. The smallest absolute Gasteiger partial charge is 0.387 e. The maximum absolute atomic E-state index is 12.7. The van der Waals surface area contributed by atoms with Crippen molar-refractivity contribution in [3.8, 4) is 5.75 Å². The van der Waals surface area contributed by atoms with Crippen molar-refractivity contribution < 1.29 is 22.8 Å². The molecule has 0 aliphatic carbocycles. The Morgan fingerprint density at radius 2 is 1.93 bits per heavy atom. The lowest BCUT2D eigenvalue weighted by Crippen LogP contribution is -2.14. The summed E-state index contributed by atoms with van der Waals surface area (Å²) >= 11 is 0. The number of carbonyl (C=O) groups is 1. The molecular weight excluding hydrogens is 354 g/mol. The van der Waals surface area contributed by atoms with Crippen LogP contribution >= 0.6 is 0 Å². The first-order chi connectivity index (χ1) is 12.9. The quantitative estimate of drug-likeness (QED) is 0.679. The van der Waals surface area contributed by atoms with Gasteiger partial charge in [-0.05, 0) is 37.6 Å². The van der Waals surface area contributed by atoms with Gasteiger partial charge >= 0.3 is 6.61 Å². The van der Waals surface area contributed by atoms with E-state index in [4.69, 9.17) is 4.52 Å². The third-order valence-corrected chi connectivity index (χ3v) is 4.03. The maximum Gasteiger partial charge on any atom is 0.387 e. The largest absolute Gasteiger partial charge is 0.435 e. The monoisotopic (exact) mass is 372 g/mol. The number of hydrogen-bond acceptors (Lipinski definition) is 4. The number of amides is 1. The number of nitrogens with zero attached hydrogens (tertiary/aromatic N) is 1. The molecular formula is C20H18F2N2O3. The summed E-state index contributed by atoms with van der Waals surface area (Å²) in [6.07, 6.45) is 0.387. The van der Waals surface area contributed by atoms with Crippen molar-refractivity contribution in [1.82, 2.24) is 5.16 Å². The molecule has 0 atom stereocenters. The van der Waals surface area contributed by atoms with Crippen molar-refractivity contribution in [1.29, 1.82) is 0 Å². The van der Waals surface area contributed by atoms with Crippen molar-refractivity contribution in [2.45, 2.75) is 26.9 Å². The molecule has 0 bridgehead atoms. The van der Waals surface area contributed by atoms with E-state index < -0.39 is 6.61 Å². The molecule has 3 aromatic rings. The molecule has 0 saturated heterocycles. The Balaban J connectivity index is 1.88. The first-order valence-corrected chi connectivity index (χ1v) is 8.30. The second-order valence-electron chi connectivity index (χ2n) is 6.02. The zero-order valence-corrected chi connectivity index (χ0v) is 14.8. The van der Waals surface area contributed by atoms with E-state index in [2.05, 4.69) is 15.2 Å². The van der Waals surface area contributed by atoms with Gasteiger partial charge in [-0.15, -0.1) is 0 Å². The lowest BCUT2D eigenvalue weighted by atomic mass is 10.0. The average molecular weight is 372 g/mol. The molecule has 2 aromatic carbocycles. The number of anilines is 1. The van der Waals surface area contributed by atoms with Gasteiger partial charge in [0.05, 0.1) is 5.69 Å². The number of alkyl halides is 2. The van der Waals surface area contributed by atoms with E-state index in [1.165, 1.54) is 12.1 Å². The topological polar surface area (TPSA) is 64.4 Å². The summed E-state index contributed by atoms with van der Waals surface area (Å²) in [6, 6.07) is 14.0. The molecule has 0 saturated carbocycles. The minimum atomic E-state index is -2.93. The van der Waals surface area contributed by atoms with Crippen molar-refractivity contribution in [3.63, 3.8) is 0 Å². The van der Waals surface area contributed by atoms with E-state index in [1.54, 1.807) is 19.9 Å². The Morgan fingerprint density at radius 1 is 1.19 bits per heavy atom. The van der Waals surface area contributed by atoms with E-state index in [1.807, 2.05) is 30.3 Å². The Hall–Kier alpha value is -3.22. The Morgan fingerprint density at radius 3 is 2.56 bits per heavy atom. The summed E-state index contributed by atoms with van der Waals surface area (Å²) in [6.45, 7) is 0.392. The minimum Gasteiger partial charge on any atom is -0.435 e. The van der Waals surface area contributed by atoms with Crippen LogP contribution in [0, 0.1) is 13.8 Å². The third-order valence-electron chi connectivity index (χ3n) is 4.03. The molecule has 0 aliphatic rings. The van der Waals surface area contributed by atoms with E-state index >= 15 is 0 Å². The standard InChI is InChI=1S/C20H18F2N2O3/c1-12-18(13(2)27-24-12)19(25)23-16-8-9-17(26-20(21)22)15(11-16)10-14-6-4-3-5-7-14/h3-9,11,20H,10H2,1-2H3,(H,23,25). The summed E-state index contributed by atoms with van der Waals surface area (Å²) < 4.78 is 35.1. The number of aryl methyl sites for hydroxylation is 2. The fraction of sp³-hybridized carbons (Fsp3) is 0.200. The Bertz CT molecular complexity index is 920. The Kier molecular flexibility index (Phi) is 5.49. The second kappa shape index (κ2) is 7.99. The number of hydrogen-bond donors (Lipinski definition) is 1. The van der Waals surface area contributed by atoms with Crippen LogP contribution in [0.4, 0.5) is 14.5 Å². The van der Waals surface area contributed by atoms with Gasteiger partial charge in [-0.25, -0.2) is 0 Å². The number of benzene rings is 2. The molecule has 27 heavy (non-hydrogen) atoms. The van der Waals surface area contributed by atoms with Gasteiger partial charge in [0, 0.05) is 17.7 Å². The fourth-order valence-electron chi connectivity index (χ4n) is 2.82. The number of aromatic nitrogens is 1. The Labute approximate surface area is 154 Å². The highest BCUT2D eigenvalue weighted by Crippen LogP contribution is 2.27. The van der Waals surface area contributed by atoms with Crippen LogP contribution in [-0.4, -0.2) is 17.7 Å². The minimum absolute atomic E-state index is 0.0733. The highest BCUT2D eigenvalue weighted by atomic mass is 19.3. The van der Waals surface area contributed by atoms with E-state index in [9.17, 15) is 13.6 Å². The van der Waals surface area contributed by atoms with Crippen LogP contribution in [0.5, 0.6) is 5.75 Å². The number of rotatable bonds is 6. The SMILES string of the molecule is Cc1noc(C)c1C(=O)Nc1ccc(OC(F)F)c(Cc2ccccc2)c1. The predicted octanol–water partition coefficient (Wildman–Crippen LogP) is 4.74. The first kappa shape index (κ1) is 18.6.